The fraction of sp³-hybridized carbons (Fsp3) is 0.167. The molecule has 84 valence electrons. The smallest absolute Gasteiger partial charge is 0.265 e. The zero-order valence-electron chi connectivity index (χ0n) is 6.92. The van der Waals surface area contributed by atoms with Crippen molar-refractivity contribution in [3.05, 3.63) is 15.3 Å². The van der Waals surface area contributed by atoms with Gasteiger partial charge >= 0.3 is 0 Å². The number of nitrogens with zero attached hydrogens (tertiary/aromatic N) is 1. The molecule has 0 aliphatic heterocycles. The molecule has 0 atom stereocenters. The first-order chi connectivity index (χ1) is 6.73. The van der Waals surface area contributed by atoms with Gasteiger partial charge in [-0.25, -0.2) is 22.2 Å². The molecule has 0 spiro atoms. The van der Waals surface area contributed by atoms with Crippen molar-refractivity contribution in [3.63, 3.8) is 0 Å². The Morgan fingerprint density at radius 1 is 1.53 bits per heavy atom. The third kappa shape index (κ3) is 2.88. The second-order valence-corrected chi connectivity index (χ2v) is 6.02. The zero-order valence-corrected chi connectivity index (χ0v) is 10.6. The number of nitrogen functional groups attached to an aromatic ring is 1. The predicted molar refractivity (Wildman–Crippen MR) is 59.4 cm³/mol. The molecule has 1 aromatic rings. The summed E-state index contributed by atoms with van der Waals surface area (Å²) in [6.07, 6.45) is -2.98. The van der Waals surface area contributed by atoms with Gasteiger partial charge in [-0.05, 0) is 28.7 Å². The molecular formula is C6H4ClF2IN2O2S. The molecule has 0 amide bonds. The van der Waals surface area contributed by atoms with Crippen LogP contribution in [0.2, 0.25) is 0 Å². The van der Waals surface area contributed by atoms with Gasteiger partial charge in [0.1, 0.15) is 14.4 Å². The molecule has 0 aliphatic rings. The summed E-state index contributed by atoms with van der Waals surface area (Å²) in [6.45, 7) is 0. The molecule has 0 aromatic carbocycles. The van der Waals surface area contributed by atoms with Gasteiger partial charge in [0.05, 0.1) is 0 Å². The van der Waals surface area contributed by atoms with Gasteiger partial charge < -0.3 is 5.73 Å². The second kappa shape index (κ2) is 4.34. The molecule has 15 heavy (non-hydrogen) atoms. The lowest BCUT2D eigenvalue weighted by molar-refractivity contribution is 0.147. The molecule has 0 aliphatic carbocycles. The second-order valence-electron chi connectivity index (χ2n) is 2.49. The van der Waals surface area contributed by atoms with Gasteiger partial charge in [-0.1, -0.05) is 0 Å². The molecule has 2 N–H and O–H groups in total. The van der Waals surface area contributed by atoms with Crippen molar-refractivity contribution in [1.82, 2.24) is 4.98 Å². The maximum atomic E-state index is 12.5. The molecule has 0 saturated heterocycles. The van der Waals surface area contributed by atoms with Crippen LogP contribution >= 0.6 is 33.3 Å². The van der Waals surface area contributed by atoms with Crippen LogP contribution in [0, 0.1) is 3.70 Å². The van der Waals surface area contributed by atoms with E-state index < -0.39 is 25.9 Å². The number of hydrogen-bond donors (Lipinski definition) is 1. The average Bonchev–Trinajstić information content (AvgIpc) is 1.99. The monoisotopic (exact) mass is 368 g/mol. The lowest BCUT2D eigenvalue weighted by atomic mass is 10.3. The van der Waals surface area contributed by atoms with Crippen molar-refractivity contribution in [2.75, 3.05) is 5.73 Å². The Hall–Kier alpha value is -0.220. The Labute approximate surface area is 102 Å². The van der Waals surface area contributed by atoms with Crippen LogP contribution in [0.5, 0.6) is 0 Å². The molecule has 1 rings (SSSR count). The summed E-state index contributed by atoms with van der Waals surface area (Å²) in [7, 11) is 0.759. The number of rotatable bonds is 2. The number of pyridine rings is 1. The Balaban J connectivity index is 3.62. The van der Waals surface area contributed by atoms with E-state index in [2.05, 4.69) is 4.98 Å². The Morgan fingerprint density at radius 3 is 2.47 bits per heavy atom. The highest BCUT2D eigenvalue weighted by Crippen LogP contribution is 2.32. The third-order valence-electron chi connectivity index (χ3n) is 1.46. The fourth-order valence-electron chi connectivity index (χ4n) is 0.944. The highest BCUT2D eigenvalue weighted by molar-refractivity contribution is 14.1. The Kier molecular flexibility index (Phi) is 3.71. The first-order valence-electron chi connectivity index (χ1n) is 3.42. The zero-order chi connectivity index (χ0) is 11.8. The summed E-state index contributed by atoms with van der Waals surface area (Å²) >= 11 is 1.48. The van der Waals surface area contributed by atoms with Gasteiger partial charge in [0.2, 0.25) is 0 Å². The van der Waals surface area contributed by atoms with Crippen LogP contribution in [0.15, 0.2) is 11.0 Å². The highest BCUT2D eigenvalue weighted by atomic mass is 127. The van der Waals surface area contributed by atoms with E-state index in [1.807, 2.05) is 0 Å². The average molecular weight is 369 g/mol. The minimum atomic E-state index is -4.26. The molecule has 4 nitrogen and oxygen atoms in total. The standard InChI is InChI=1S/C6H4ClF2IN2O2S/c7-15(13,14)4-2(5(8)9)1-3(11)12-6(4)10/h1,5H,(H2,11,12). The van der Waals surface area contributed by atoms with Gasteiger partial charge in [0, 0.05) is 16.2 Å². The number of hydrogen-bond acceptors (Lipinski definition) is 4. The number of alkyl halides is 2. The third-order valence-corrected chi connectivity index (χ3v) is 3.99. The molecule has 9 heteroatoms. The van der Waals surface area contributed by atoms with Gasteiger partial charge in [0.15, 0.2) is 0 Å². The predicted octanol–water partition coefficient (Wildman–Crippen LogP) is 2.13. The van der Waals surface area contributed by atoms with Crippen LogP contribution in [0.1, 0.15) is 12.0 Å². The lowest BCUT2D eigenvalue weighted by Gasteiger charge is -2.08. The van der Waals surface area contributed by atoms with E-state index in [9.17, 15) is 17.2 Å². The van der Waals surface area contributed by atoms with Gasteiger partial charge in [0.25, 0.3) is 15.5 Å². The SMILES string of the molecule is Nc1cc(C(F)F)c(S(=O)(=O)Cl)c(I)n1. The first kappa shape index (κ1) is 12.8. The molecule has 1 heterocycles. The first-order valence-corrected chi connectivity index (χ1v) is 6.81. The normalized spacial score (nSPS) is 12.1. The quantitative estimate of drug-likeness (QED) is 0.493. The van der Waals surface area contributed by atoms with E-state index in [1.165, 1.54) is 22.6 Å². The van der Waals surface area contributed by atoms with Crippen LogP contribution in [-0.2, 0) is 9.05 Å². The van der Waals surface area contributed by atoms with Crippen molar-refractivity contribution in [2.45, 2.75) is 11.3 Å². The number of halogens is 4. The van der Waals surface area contributed by atoms with Crippen molar-refractivity contribution in [3.8, 4) is 0 Å². The topological polar surface area (TPSA) is 73.1 Å². The highest BCUT2D eigenvalue weighted by Gasteiger charge is 2.26. The van der Waals surface area contributed by atoms with E-state index in [-0.39, 0.29) is 9.52 Å². The molecular weight excluding hydrogens is 364 g/mol. The van der Waals surface area contributed by atoms with E-state index in [0.29, 0.717) is 0 Å². The van der Waals surface area contributed by atoms with Gasteiger partial charge in [-0.2, -0.15) is 0 Å². The summed E-state index contributed by atoms with van der Waals surface area (Å²) < 4.78 is 46.9. The summed E-state index contributed by atoms with van der Waals surface area (Å²) in [5.74, 6) is -0.182. The number of anilines is 1. The Morgan fingerprint density at radius 2 is 2.07 bits per heavy atom. The molecule has 1 aromatic heterocycles. The van der Waals surface area contributed by atoms with E-state index in [1.54, 1.807) is 0 Å². The van der Waals surface area contributed by atoms with Crippen LogP contribution in [0.3, 0.4) is 0 Å². The van der Waals surface area contributed by atoms with E-state index in [0.717, 1.165) is 6.07 Å². The van der Waals surface area contributed by atoms with Gasteiger partial charge in [-0.15, -0.1) is 0 Å². The summed E-state index contributed by atoms with van der Waals surface area (Å²) in [6, 6.07) is 0.794. The lowest BCUT2D eigenvalue weighted by Crippen LogP contribution is -2.06. The van der Waals surface area contributed by atoms with Crippen molar-refractivity contribution in [1.29, 1.82) is 0 Å². The fourth-order valence-corrected chi connectivity index (χ4v) is 3.96. The van der Waals surface area contributed by atoms with Crippen LogP contribution < -0.4 is 5.73 Å². The molecule has 0 saturated carbocycles. The van der Waals surface area contributed by atoms with Crippen LogP contribution in [0.4, 0.5) is 14.6 Å². The van der Waals surface area contributed by atoms with Gasteiger partial charge in [-0.3, -0.25) is 0 Å². The minimum Gasteiger partial charge on any atom is -0.384 e. The van der Waals surface area contributed by atoms with Crippen LogP contribution in [0.25, 0.3) is 0 Å². The van der Waals surface area contributed by atoms with Crippen LogP contribution in [-0.4, -0.2) is 13.4 Å². The molecule has 0 bridgehead atoms. The largest absolute Gasteiger partial charge is 0.384 e. The molecule has 0 fully saturated rings. The maximum absolute atomic E-state index is 12.5. The minimum absolute atomic E-state index is 0.169. The van der Waals surface area contributed by atoms with E-state index in [4.69, 9.17) is 16.4 Å². The van der Waals surface area contributed by atoms with Crippen molar-refractivity contribution < 1.29 is 17.2 Å². The molecule has 0 radical (unpaired) electrons. The Bertz CT molecular complexity index is 494. The molecule has 0 unspecified atom stereocenters. The summed E-state index contributed by atoms with van der Waals surface area (Å²) in [5.41, 5.74) is 4.49. The maximum Gasteiger partial charge on any atom is 0.265 e. The van der Waals surface area contributed by atoms with E-state index >= 15 is 0 Å². The van der Waals surface area contributed by atoms with Crippen molar-refractivity contribution in [2.24, 2.45) is 0 Å². The number of nitrogens with two attached hydrogens (primary N) is 1. The van der Waals surface area contributed by atoms with Crippen molar-refractivity contribution >= 4 is 48.1 Å². The number of aromatic nitrogens is 1. The summed E-state index contributed by atoms with van der Waals surface area (Å²) in [4.78, 5) is 2.86. The summed E-state index contributed by atoms with van der Waals surface area (Å²) in [5, 5.41) is 0.